The molecule has 0 spiro atoms. The van der Waals surface area contributed by atoms with Crippen LogP contribution in [0.4, 0.5) is 14.6 Å². The van der Waals surface area contributed by atoms with Gasteiger partial charge in [0.2, 0.25) is 0 Å². The van der Waals surface area contributed by atoms with Crippen molar-refractivity contribution in [1.29, 1.82) is 0 Å². The number of rotatable bonds is 2. The van der Waals surface area contributed by atoms with E-state index in [0.29, 0.717) is 22.9 Å². The van der Waals surface area contributed by atoms with E-state index in [1.165, 1.54) is 12.1 Å². The second kappa shape index (κ2) is 4.68. The number of halogens is 2. The van der Waals surface area contributed by atoms with Gasteiger partial charge in [0.25, 0.3) is 0 Å². The second-order valence-electron chi connectivity index (χ2n) is 3.94. The number of hydrogen-bond donors (Lipinski definition) is 1. The number of anilines is 1. The highest BCUT2D eigenvalue weighted by molar-refractivity contribution is 5.68. The Bertz CT molecular complexity index is 597. The van der Waals surface area contributed by atoms with Crippen molar-refractivity contribution >= 4 is 5.82 Å². The molecule has 0 aliphatic carbocycles. The smallest absolute Gasteiger partial charge is 0.168 e. The molecule has 1 heterocycles. The summed E-state index contributed by atoms with van der Waals surface area (Å²) in [6.45, 7) is 3.48. The Balaban J connectivity index is 2.71. The van der Waals surface area contributed by atoms with Crippen LogP contribution < -0.4 is 5.32 Å². The molecule has 5 heteroatoms. The molecule has 1 aromatic heterocycles. The molecule has 0 radical (unpaired) electrons. The molecule has 18 heavy (non-hydrogen) atoms. The summed E-state index contributed by atoms with van der Waals surface area (Å²) in [6, 6.07) is 4.05. The number of aryl methyl sites for hydroxylation is 1. The molecule has 0 aliphatic rings. The van der Waals surface area contributed by atoms with Crippen LogP contribution in [-0.4, -0.2) is 17.0 Å². The molecule has 2 aromatic rings. The number of nitrogens with one attached hydrogen (secondary N) is 1. The second-order valence-corrected chi connectivity index (χ2v) is 3.94. The fourth-order valence-electron chi connectivity index (χ4n) is 1.82. The lowest BCUT2D eigenvalue weighted by Gasteiger charge is -2.11. The Morgan fingerprint density at radius 2 is 1.83 bits per heavy atom. The first-order chi connectivity index (χ1) is 8.54. The summed E-state index contributed by atoms with van der Waals surface area (Å²) in [7, 11) is 1.72. The van der Waals surface area contributed by atoms with Crippen molar-refractivity contribution in [2.45, 2.75) is 13.8 Å². The van der Waals surface area contributed by atoms with Crippen LogP contribution in [-0.2, 0) is 0 Å². The summed E-state index contributed by atoms with van der Waals surface area (Å²) in [5, 5.41) is 2.91. The maximum Gasteiger partial charge on any atom is 0.168 e. The largest absolute Gasteiger partial charge is 0.373 e. The van der Waals surface area contributed by atoms with E-state index in [9.17, 15) is 8.78 Å². The van der Waals surface area contributed by atoms with Crippen LogP contribution in [0.3, 0.4) is 0 Å². The molecule has 0 saturated heterocycles. The molecular formula is C13H13F2N3. The molecule has 0 fully saturated rings. The van der Waals surface area contributed by atoms with Gasteiger partial charge in [0.05, 0.1) is 5.69 Å². The van der Waals surface area contributed by atoms with Crippen molar-refractivity contribution < 1.29 is 8.78 Å². The Morgan fingerprint density at radius 3 is 2.50 bits per heavy atom. The van der Waals surface area contributed by atoms with Crippen LogP contribution >= 0.6 is 0 Å². The van der Waals surface area contributed by atoms with Crippen LogP contribution in [0.25, 0.3) is 11.3 Å². The molecule has 2 rings (SSSR count). The lowest BCUT2D eigenvalue weighted by molar-refractivity contribution is 0.511. The van der Waals surface area contributed by atoms with E-state index in [-0.39, 0.29) is 5.56 Å². The molecule has 1 aromatic carbocycles. The third kappa shape index (κ3) is 2.03. The Morgan fingerprint density at radius 1 is 1.11 bits per heavy atom. The Hall–Kier alpha value is -2.04. The van der Waals surface area contributed by atoms with Crippen molar-refractivity contribution in [3.05, 3.63) is 41.2 Å². The summed E-state index contributed by atoms with van der Waals surface area (Å²) in [4.78, 5) is 8.39. The minimum Gasteiger partial charge on any atom is -0.373 e. The zero-order chi connectivity index (χ0) is 13.3. The van der Waals surface area contributed by atoms with E-state index in [4.69, 9.17) is 0 Å². The lowest BCUT2D eigenvalue weighted by Crippen LogP contribution is -2.04. The van der Waals surface area contributed by atoms with E-state index in [2.05, 4.69) is 15.3 Å². The van der Waals surface area contributed by atoms with Gasteiger partial charge >= 0.3 is 0 Å². The standard InChI is InChI=1S/C13H13F2N3/c1-7-12(17-8(2)18-13(7)16-3)9-5-4-6-10(14)11(9)15/h4-6H,1-3H3,(H,16,17,18). The van der Waals surface area contributed by atoms with Crippen LogP contribution in [0.15, 0.2) is 18.2 Å². The highest BCUT2D eigenvalue weighted by atomic mass is 19.2. The van der Waals surface area contributed by atoms with Gasteiger partial charge in [0.1, 0.15) is 11.6 Å². The van der Waals surface area contributed by atoms with Gasteiger partial charge in [0.15, 0.2) is 11.6 Å². The number of nitrogens with zero attached hydrogens (tertiary/aromatic N) is 2. The molecule has 0 atom stereocenters. The van der Waals surface area contributed by atoms with Crippen molar-refractivity contribution in [2.24, 2.45) is 0 Å². The summed E-state index contributed by atoms with van der Waals surface area (Å²) in [6.07, 6.45) is 0. The average Bonchev–Trinajstić information content (AvgIpc) is 2.35. The van der Waals surface area contributed by atoms with Gasteiger partial charge in [-0.1, -0.05) is 6.07 Å². The van der Waals surface area contributed by atoms with Crippen LogP contribution in [0.1, 0.15) is 11.4 Å². The average molecular weight is 249 g/mol. The minimum atomic E-state index is -0.888. The molecule has 3 nitrogen and oxygen atoms in total. The van der Waals surface area contributed by atoms with Crippen molar-refractivity contribution in [2.75, 3.05) is 12.4 Å². The molecule has 0 unspecified atom stereocenters. The quantitative estimate of drug-likeness (QED) is 0.888. The van der Waals surface area contributed by atoms with Gasteiger partial charge in [-0.15, -0.1) is 0 Å². The molecule has 0 bridgehead atoms. The maximum absolute atomic E-state index is 13.8. The van der Waals surface area contributed by atoms with E-state index >= 15 is 0 Å². The third-order valence-electron chi connectivity index (χ3n) is 2.70. The first-order valence-electron chi connectivity index (χ1n) is 5.52. The summed E-state index contributed by atoms with van der Waals surface area (Å²) in [5.74, 6) is -0.653. The SMILES string of the molecule is CNc1nc(C)nc(-c2cccc(F)c2F)c1C. The molecule has 94 valence electrons. The van der Waals surface area contributed by atoms with Crippen molar-refractivity contribution in [3.8, 4) is 11.3 Å². The van der Waals surface area contributed by atoms with Crippen molar-refractivity contribution in [1.82, 2.24) is 9.97 Å². The zero-order valence-electron chi connectivity index (χ0n) is 10.4. The lowest BCUT2D eigenvalue weighted by atomic mass is 10.1. The summed E-state index contributed by atoms with van der Waals surface area (Å²) in [5.41, 5.74) is 1.24. The molecule has 0 saturated carbocycles. The fourth-order valence-corrected chi connectivity index (χ4v) is 1.82. The van der Waals surface area contributed by atoms with E-state index in [0.717, 1.165) is 6.07 Å². The van der Waals surface area contributed by atoms with Gasteiger partial charge in [0, 0.05) is 18.2 Å². The van der Waals surface area contributed by atoms with Crippen LogP contribution in [0.2, 0.25) is 0 Å². The Kier molecular flexibility index (Phi) is 3.23. The summed E-state index contributed by atoms with van der Waals surface area (Å²) >= 11 is 0. The third-order valence-corrected chi connectivity index (χ3v) is 2.70. The topological polar surface area (TPSA) is 37.8 Å². The van der Waals surface area contributed by atoms with Gasteiger partial charge in [-0.25, -0.2) is 18.7 Å². The molecular weight excluding hydrogens is 236 g/mol. The number of aromatic nitrogens is 2. The van der Waals surface area contributed by atoms with Gasteiger partial charge in [-0.2, -0.15) is 0 Å². The number of hydrogen-bond acceptors (Lipinski definition) is 3. The number of benzene rings is 1. The predicted molar refractivity (Wildman–Crippen MR) is 66.4 cm³/mol. The molecule has 0 amide bonds. The van der Waals surface area contributed by atoms with Crippen LogP contribution in [0, 0.1) is 25.5 Å². The van der Waals surface area contributed by atoms with E-state index < -0.39 is 11.6 Å². The Labute approximate surface area is 104 Å². The molecule has 0 aliphatic heterocycles. The monoisotopic (exact) mass is 249 g/mol. The van der Waals surface area contributed by atoms with Gasteiger partial charge < -0.3 is 5.32 Å². The summed E-state index contributed by atoms with van der Waals surface area (Å²) < 4.78 is 27.0. The first kappa shape index (κ1) is 12.4. The highest BCUT2D eigenvalue weighted by Crippen LogP contribution is 2.28. The van der Waals surface area contributed by atoms with Gasteiger partial charge in [-0.05, 0) is 26.0 Å². The highest BCUT2D eigenvalue weighted by Gasteiger charge is 2.16. The zero-order valence-corrected chi connectivity index (χ0v) is 10.4. The van der Waals surface area contributed by atoms with Gasteiger partial charge in [-0.3, -0.25) is 0 Å². The van der Waals surface area contributed by atoms with Crippen LogP contribution in [0.5, 0.6) is 0 Å². The van der Waals surface area contributed by atoms with Crippen molar-refractivity contribution in [3.63, 3.8) is 0 Å². The normalized spacial score (nSPS) is 10.5. The van der Waals surface area contributed by atoms with E-state index in [1.54, 1.807) is 20.9 Å². The van der Waals surface area contributed by atoms with E-state index in [1.807, 2.05) is 0 Å². The maximum atomic E-state index is 13.8. The molecule has 1 N–H and O–H groups in total. The fraction of sp³-hybridized carbons (Fsp3) is 0.231. The minimum absolute atomic E-state index is 0.148. The predicted octanol–water partition coefficient (Wildman–Crippen LogP) is 3.08. The first-order valence-corrected chi connectivity index (χ1v) is 5.52.